The molecule has 3 N–H and O–H groups in total. The number of carbonyl (C=O) groups is 2. The maximum Gasteiger partial charge on any atom is 0.315 e. The van der Waals surface area contributed by atoms with Crippen molar-refractivity contribution in [3.8, 4) is 5.75 Å². The van der Waals surface area contributed by atoms with E-state index in [2.05, 4.69) is 15.6 Å². The van der Waals surface area contributed by atoms with Gasteiger partial charge in [-0.25, -0.2) is 4.98 Å². The van der Waals surface area contributed by atoms with E-state index in [0.717, 1.165) is 11.3 Å². The number of nitrogens with one attached hydrogen (secondary N) is 2. The third-order valence-electron chi connectivity index (χ3n) is 2.68. The molecule has 0 unspecified atom stereocenters. The lowest BCUT2D eigenvalue weighted by Gasteiger charge is -2.05. The Bertz CT molecular complexity index is 637. The first-order valence-corrected chi connectivity index (χ1v) is 7.22. The number of aryl methyl sites for hydroxylation is 1. The van der Waals surface area contributed by atoms with Crippen molar-refractivity contribution in [2.45, 2.75) is 13.3 Å². The molecule has 0 saturated carbocycles. The molecule has 1 aromatic heterocycles. The van der Waals surface area contributed by atoms with E-state index in [0.29, 0.717) is 18.1 Å². The number of rotatable bonds is 4. The molecule has 1 aromatic carbocycles. The number of thiazole rings is 1. The van der Waals surface area contributed by atoms with Crippen LogP contribution in [-0.2, 0) is 16.0 Å². The number of aromatic hydroxyl groups is 1. The summed E-state index contributed by atoms with van der Waals surface area (Å²) in [6.07, 6.45) is 0.579. The van der Waals surface area contributed by atoms with Gasteiger partial charge in [-0.05, 0) is 31.0 Å². The van der Waals surface area contributed by atoms with E-state index in [1.807, 2.05) is 6.92 Å². The molecule has 0 atom stereocenters. The lowest BCUT2D eigenvalue weighted by atomic mass is 10.1. The van der Waals surface area contributed by atoms with Crippen LogP contribution < -0.4 is 10.6 Å². The highest BCUT2D eigenvalue weighted by atomic mass is 32.1. The van der Waals surface area contributed by atoms with E-state index < -0.39 is 11.8 Å². The molecule has 0 aliphatic heterocycles. The highest BCUT2D eigenvalue weighted by Gasteiger charge is 2.14. The maximum absolute atomic E-state index is 11.6. The molecule has 7 heteroatoms. The average Bonchev–Trinajstić information content (AvgIpc) is 2.86. The van der Waals surface area contributed by atoms with Crippen molar-refractivity contribution < 1.29 is 14.7 Å². The van der Waals surface area contributed by atoms with Gasteiger partial charge >= 0.3 is 11.8 Å². The van der Waals surface area contributed by atoms with Crippen molar-refractivity contribution in [2.75, 3.05) is 11.9 Å². The van der Waals surface area contributed by atoms with Gasteiger partial charge in [0, 0.05) is 11.9 Å². The molecule has 1 heterocycles. The van der Waals surface area contributed by atoms with Gasteiger partial charge in [0.15, 0.2) is 5.13 Å². The highest BCUT2D eigenvalue weighted by molar-refractivity contribution is 7.14. The Hall–Kier alpha value is -2.41. The fraction of sp³-hybridized carbons (Fsp3) is 0.214. The zero-order chi connectivity index (χ0) is 15.2. The Morgan fingerprint density at radius 2 is 1.95 bits per heavy atom. The maximum atomic E-state index is 11.6. The van der Waals surface area contributed by atoms with Crippen LogP contribution in [0.2, 0.25) is 0 Å². The van der Waals surface area contributed by atoms with E-state index >= 15 is 0 Å². The fourth-order valence-electron chi connectivity index (χ4n) is 1.63. The minimum Gasteiger partial charge on any atom is -0.508 e. The average molecular weight is 305 g/mol. The number of benzene rings is 1. The standard InChI is InChI=1S/C14H15N3O3S/c1-9-8-21-14(16-9)17-13(20)12(19)15-7-6-10-2-4-11(18)5-3-10/h2-5,8,18H,6-7H2,1H3,(H,15,19)(H,16,17,20). The summed E-state index contributed by atoms with van der Waals surface area (Å²) in [5.41, 5.74) is 1.76. The largest absolute Gasteiger partial charge is 0.508 e. The molecule has 0 radical (unpaired) electrons. The van der Waals surface area contributed by atoms with Gasteiger partial charge < -0.3 is 10.4 Å². The van der Waals surface area contributed by atoms with Crippen molar-refractivity contribution in [1.82, 2.24) is 10.3 Å². The third-order valence-corrected chi connectivity index (χ3v) is 3.56. The molecular formula is C14H15N3O3S. The molecule has 0 fully saturated rings. The van der Waals surface area contributed by atoms with Crippen LogP contribution in [-0.4, -0.2) is 28.4 Å². The summed E-state index contributed by atoms with van der Waals surface area (Å²) in [7, 11) is 0. The summed E-state index contributed by atoms with van der Waals surface area (Å²) in [4.78, 5) is 27.3. The van der Waals surface area contributed by atoms with Crippen molar-refractivity contribution in [3.05, 3.63) is 40.9 Å². The first-order chi connectivity index (χ1) is 10.0. The highest BCUT2D eigenvalue weighted by Crippen LogP contribution is 2.14. The van der Waals surface area contributed by atoms with Crippen LogP contribution in [0.3, 0.4) is 0 Å². The summed E-state index contributed by atoms with van der Waals surface area (Å²) in [6, 6.07) is 6.68. The smallest absolute Gasteiger partial charge is 0.315 e. The summed E-state index contributed by atoms with van der Waals surface area (Å²) >= 11 is 1.27. The molecule has 0 bridgehead atoms. The monoisotopic (exact) mass is 305 g/mol. The number of anilines is 1. The van der Waals surface area contributed by atoms with Gasteiger partial charge in [0.1, 0.15) is 5.75 Å². The predicted molar refractivity (Wildman–Crippen MR) is 80.3 cm³/mol. The first-order valence-electron chi connectivity index (χ1n) is 6.34. The van der Waals surface area contributed by atoms with E-state index in [9.17, 15) is 9.59 Å². The molecule has 0 spiro atoms. The normalized spacial score (nSPS) is 10.1. The van der Waals surface area contributed by atoms with Crippen LogP contribution in [0.15, 0.2) is 29.6 Å². The second-order valence-electron chi connectivity index (χ2n) is 4.42. The Labute approximate surface area is 125 Å². The Morgan fingerprint density at radius 1 is 1.24 bits per heavy atom. The van der Waals surface area contributed by atoms with Gasteiger partial charge in [-0.3, -0.25) is 14.9 Å². The topological polar surface area (TPSA) is 91.3 Å². The molecule has 2 amide bonds. The Balaban J connectivity index is 1.76. The molecular weight excluding hydrogens is 290 g/mol. The summed E-state index contributed by atoms with van der Waals surface area (Å²) in [5, 5.41) is 16.3. The van der Waals surface area contributed by atoms with Gasteiger partial charge in [0.2, 0.25) is 0 Å². The third kappa shape index (κ3) is 4.57. The van der Waals surface area contributed by atoms with Gasteiger partial charge in [-0.15, -0.1) is 11.3 Å². The van der Waals surface area contributed by atoms with Crippen molar-refractivity contribution >= 4 is 28.3 Å². The van der Waals surface area contributed by atoms with Gasteiger partial charge in [0.25, 0.3) is 0 Å². The quantitative estimate of drug-likeness (QED) is 0.746. The number of nitrogens with zero attached hydrogens (tertiary/aromatic N) is 1. The lowest BCUT2D eigenvalue weighted by Crippen LogP contribution is -2.36. The second-order valence-corrected chi connectivity index (χ2v) is 5.28. The number of carbonyl (C=O) groups excluding carboxylic acids is 2. The van der Waals surface area contributed by atoms with Crippen LogP contribution in [0.4, 0.5) is 5.13 Å². The van der Waals surface area contributed by atoms with Crippen LogP contribution >= 0.6 is 11.3 Å². The SMILES string of the molecule is Cc1csc(NC(=O)C(=O)NCCc2ccc(O)cc2)n1. The van der Waals surface area contributed by atoms with Crippen molar-refractivity contribution in [1.29, 1.82) is 0 Å². The van der Waals surface area contributed by atoms with E-state index in [-0.39, 0.29) is 5.75 Å². The number of phenols is 1. The van der Waals surface area contributed by atoms with Gasteiger partial charge in [0.05, 0.1) is 5.69 Å². The predicted octanol–water partition coefficient (Wildman–Crippen LogP) is 1.45. The van der Waals surface area contributed by atoms with Crippen LogP contribution in [0.5, 0.6) is 5.75 Å². The molecule has 6 nitrogen and oxygen atoms in total. The molecule has 2 rings (SSSR count). The van der Waals surface area contributed by atoms with Gasteiger partial charge in [-0.2, -0.15) is 0 Å². The van der Waals surface area contributed by atoms with Crippen molar-refractivity contribution in [3.63, 3.8) is 0 Å². The molecule has 110 valence electrons. The first kappa shape index (κ1) is 15.0. The number of amides is 2. The van der Waals surface area contributed by atoms with Crippen LogP contribution in [0, 0.1) is 6.92 Å². The molecule has 21 heavy (non-hydrogen) atoms. The molecule has 0 aliphatic carbocycles. The van der Waals surface area contributed by atoms with Gasteiger partial charge in [-0.1, -0.05) is 12.1 Å². The number of hydrogen-bond donors (Lipinski definition) is 3. The number of phenolic OH excluding ortho intramolecular Hbond substituents is 1. The lowest BCUT2D eigenvalue weighted by molar-refractivity contribution is -0.136. The minimum atomic E-state index is -0.727. The Morgan fingerprint density at radius 3 is 2.57 bits per heavy atom. The number of aromatic nitrogens is 1. The second kappa shape index (κ2) is 6.85. The van der Waals surface area contributed by atoms with Crippen LogP contribution in [0.1, 0.15) is 11.3 Å². The van der Waals surface area contributed by atoms with Crippen molar-refractivity contribution in [2.24, 2.45) is 0 Å². The van der Waals surface area contributed by atoms with E-state index in [4.69, 9.17) is 5.11 Å². The molecule has 0 saturated heterocycles. The fourth-order valence-corrected chi connectivity index (χ4v) is 2.31. The Kier molecular flexibility index (Phi) is 4.89. The molecule has 0 aliphatic rings. The summed E-state index contributed by atoms with van der Waals surface area (Å²) in [6.45, 7) is 2.15. The van der Waals surface area contributed by atoms with E-state index in [1.54, 1.807) is 29.6 Å². The van der Waals surface area contributed by atoms with E-state index in [1.165, 1.54) is 11.3 Å². The zero-order valence-corrected chi connectivity index (χ0v) is 12.2. The summed E-state index contributed by atoms with van der Waals surface area (Å²) < 4.78 is 0. The molecule has 2 aromatic rings. The summed E-state index contributed by atoms with van der Waals surface area (Å²) in [5.74, 6) is -1.22. The zero-order valence-electron chi connectivity index (χ0n) is 11.4. The van der Waals surface area contributed by atoms with Crippen LogP contribution in [0.25, 0.3) is 0 Å². The number of hydrogen-bond acceptors (Lipinski definition) is 5. The minimum absolute atomic E-state index is 0.195.